The van der Waals surface area contributed by atoms with Gasteiger partial charge in [-0.3, -0.25) is 10.4 Å². The summed E-state index contributed by atoms with van der Waals surface area (Å²) in [6.45, 7) is 6.21. The summed E-state index contributed by atoms with van der Waals surface area (Å²) in [5.41, 5.74) is 7.28. The molecule has 0 aliphatic heterocycles. The van der Waals surface area contributed by atoms with Gasteiger partial charge in [-0.15, -0.1) is 0 Å². The van der Waals surface area contributed by atoms with Gasteiger partial charge in [0.05, 0.1) is 12.3 Å². The molecule has 0 spiro atoms. The lowest BCUT2D eigenvalue weighted by atomic mass is 10.2. The highest BCUT2D eigenvalue weighted by Crippen LogP contribution is 2.19. The number of aryl methyl sites for hydroxylation is 1. The summed E-state index contributed by atoms with van der Waals surface area (Å²) in [6, 6.07) is 7.57. The third-order valence-corrected chi connectivity index (χ3v) is 3.34. The van der Waals surface area contributed by atoms with E-state index in [0.717, 1.165) is 23.0 Å². The van der Waals surface area contributed by atoms with Gasteiger partial charge in [0.15, 0.2) is 5.17 Å². The molecule has 6 heteroatoms. The molecule has 0 amide bonds. The molecule has 1 unspecified atom stereocenters. The average molecular weight is 284 g/mol. The molecule has 1 aromatic rings. The van der Waals surface area contributed by atoms with Crippen LogP contribution in [0.1, 0.15) is 19.4 Å². The van der Waals surface area contributed by atoms with Crippen molar-refractivity contribution < 1.29 is 5.11 Å². The van der Waals surface area contributed by atoms with Crippen LogP contribution in [0.4, 0.5) is 5.69 Å². The number of benzene rings is 1. The minimum atomic E-state index is -0.196. The molecular weight excluding hydrogens is 260 g/mol. The normalized spacial score (nSPS) is 11.3. The Bertz CT molecular complexity index is 383. The smallest absolute Gasteiger partial charge is 0.175 e. The van der Waals surface area contributed by atoms with E-state index in [1.807, 2.05) is 45.0 Å². The highest BCUT2D eigenvalue weighted by molar-refractivity contribution is 8.14. The quantitative estimate of drug-likeness (QED) is 0.292. The standard InChI is InChI=1S/C11H18N4OS.C2H6/c1-8-3-2-4-9(5-8)15(14)11(13)17-10(6-12)7-16;1-2/h2-5,10,13,16H,6-7,12,14H2,1H3;1-2H3. The van der Waals surface area contributed by atoms with Gasteiger partial charge in [0.1, 0.15) is 0 Å². The molecule has 0 bridgehead atoms. The summed E-state index contributed by atoms with van der Waals surface area (Å²) >= 11 is 1.16. The number of aliphatic hydroxyl groups is 1. The first-order valence-corrected chi connectivity index (χ1v) is 7.14. The second-order valence-electron chi connectivity index (χ2n) is 3.67. The molecule has 1 aromatic carbocycles. The van der Waals surface area contributed by atoms with Gasteiger partial charge in [0.2, 0.25) is 0 Å². The molecule has 1 atom stereocenters. The maximum atomic E-state index is 9.01. The number of nitrogens with zero attached hydrogens (tertiary/aromatic N) is 1. The van der Waals surface area contributed by atoms with Crippen LogP contribution in [0.15, 0.2) is 24.3 Å². The van der Waals surface area contributed by atoms with Crippen molar-refractivity contribution in [2.24, 2.45) is 11.6 Å². The van der Waals surface area contributed by atoms with Crippen LogP contribution in [-0.4, -0.2) is 28.7 Å². The van der Waals surface area contributed by atoms with E-state index in [4.69, 9.17) is 22.1 Å². The van der Waals surface area contributed by atoms with Crippen molar-refractivity contribution >= 4 is 22.6 Å². The van der Waals surface area contributed by atoms with Gasteiger partial charge in [0.25, 0.3) is 0 Å². The van der Waals surface area contributed by atoms with Gasteiger partial charge in [-0.1, -0.05) is 37.7 Å². The number of hydrazine groups is 1. The number of hydrogen-bond donors (Lipinski definition) is 4. The van der Waals surface area contributed by atoms with Crippen molar-refractivity contribution in [3.63, 3.8) is 0 Å². The molecule has 1 rings (SSSR count). The fourth-order valence-corrected chi connectivity index (χ4v) is 1.98. The van der Waals surface area contributed by atoms with Crippen molar-refractivity contribution in [3.8, 4) is 0 Å². The Morgan fingerprint density at radius 3 is 2.58 bits per heavy atom. The highest BCUT2D eigenvalue weighted by atomic mass is 32.2. The number of nitrogens with one attached hydrogen (secondary N) is 1. The maximum absolute atomic E-state index is 9.01. The Morgan fingerprint density at radius 1 is 1.47 bits per heavy atom. The first-order chi connectivity index (χ1) is 9.08. The first kappa shape index (κ1) is 17.9. The molecule has 0 aliphatic rings. The Morgan fingerprint density at radius 2 is 2.11 bits per heavy atom. The third kappa shape index (κ3) is 6.07. The van der Waals surface area contributed by atoms with Crippen molar-refractivity contribution in [1.29, 1.82) is 5.41 Å². The molecule has 0 saturated carbocycles. The zero-order valence-corrected chi connectivity index (χ0v) is 12.6. The van der Waals surface area contributed by atoms with Gasteiger partial charge in [-0.05, 0) is 24.6 Å². The van der Waals surface area contributed by atoms with Crippen LogP contribution < -0.4 is 16.6 Å². The number of aliphatic hydroxyl groups excluding tert-OH is 1. The van der Waals surface area contributed by atoms with Gasteiger partial charge in [-0.2, -0.15) is 0 Å². The fraction of sp³-hybridized carbons (Fsp3) is 0.462. The molecule has 6 N–H and O–H groups in total. The SMILES string of the molecule is CC.Cc1cccc(N(N)C(=N)SC(CN)CO)c1. The molecule has 108 valence electrons. The lowest BCUT2D eigenvalue weighted by Crippen LogP contribution is -2.37. The monoisotopic (exact) mass is 284 g/mol. The zero-order chi connectivity index (χ0) is 14.8. The van der Waals surface area contributed by atoms with Crippen LogP contribution >= 0.6 is 11.8 Å². The molecular formula is C13H24N4OS. The molecule has 0 aliphatic carbocycles. The van der Waals surface area contributed by atoms with Crippen LogP contribution in [0, 0.1) is 12.3 Å². The summed E-state index contributed by atoms with van der Waals surface area (Å²) in [5.74, 6) is 5.83. The second-order valence-corrected chi connectivity index (χ2v) is 4.96. The molecule has 0 heterocycles. The van der Waals surface area contributed by atoms with Crippen LogP contribution in [0.5, 0.6) is 0 Å². The fourth-order valence-electron chi connectivity index (χ4n) is 1.27. The van der Waals surface area contributed by atoms with E-state index < -0.39 is 0 Å². The van der Waals surface area contributed by atoms with Gasteiger partial charge >= 0.3 is 0 Å². The lowest BCUT2D eigenvalue weighted by Gasteiger charge is -2.21. The Hall–Kier alpha value is -1.08. The van der Waals surface area contributed by atoms with Crippen molar-refractivity contribution in [2.75, 3.05) is 18.2 Å². The number of nitrogens with two attached hydrogens (primary N) is 2. The molecule has 0 fully saturated rings. The maximum Gasteiger partial charge on any atom is 0.175 e. The lowest BCUT2D eigenvalue weighted by molar-refractivity contribution is 0.296. The zero-order valence-electron chi connectivity index (χ0n) is 11.8. The Balaban J connectivity index is 0.00000154. The van der Waals surface area contributed by atoms with Gasteiger partial charge in [0, 0.05) is 11.8 Å². The van der Waals surface area contributed by atoms with E-state index in [2.05, 4.69) is 0 Å². The van der Waals surface area contributed by atoms with Crippen molar-refractivity contribution in [3.05, 3.63) is 29.8 Å². The third-order valence-electron chi connectivity index (χ3n) is 2.24. The van der Waals surface area contributed by atoms with Crippen LogP contribution in [0.3, 0.4) is 0 Å². The van der Waals surface area contributed by atoms with Crippen molar-refractivity contribution in [1.82, 2.24) is 0 Å². The minimum absolute atomic E-state index is 0.0643. The first-order valence-electron chi connectivity index (χ1n) is 6.26. The summed E-state index contributed by atoms with van der Waals surface area (Å²) in [7, 11) is 0. The van der Waals surface area contributed by atoms with Crippen LogP contribution in [0.25, 0.3) is 0 Å². The summed E-state index contributed by atoms with van der Waals surface area (Å²) < 4.78 is 0. The molecule has 19 heavy (non-hydrogen) atoms. The second kappa shape index (κ2) is 9.80. The number of anilines is 1. The topological polar surface area (TPSA) is 99.4 Å². The predicted octanol–water partition coefficient (Wildman–Crippen LogP) is 1.69. The predicted molar refractivity (Wildman–Crippen MR) is 84.4 cm³/mol. The van der Waals surface area contributed by atoms with Gasteiger partial charge < -0.3 is 10.8 Å². The summed E-state index contributed by atoms with van der Waals surface area (Å²) in [6.07, 6.45) is 0. The van der Waals surface area contributed by atoms with Crippen LogP contribution in [0.2, 0.25) is 0 Å². The number of hydrogen-bond acceptors (Lipinski definition) is 5. The van der Waals surface area contributed by atoms with Gasteiger partial charge in [-0.25, -0.2) is 5.84 Å². The Labute approximate surface area is 119 Å². The molecule has 0 saturated heterocycles. The van der Waals surface area contributed by atoms with E-state index >= 15 is 0 Å². The number of rotatable bonds is 4. The molecule has 0 aromatic heterocycles. The average Bonchev–Trinajstić information content (AvgIpc) is 2.45. The highest BCUT2D eigenvalue weighted by Gasteiger charge is 2.14. The minimum Gasteiger partial charge on any atom is -0.395 e. The molecule has 0 radical (unpaired) electrons. The van der Waals surface area contributed by atoms with E-state index in [-0.39, 0.29) is 17.0 Å². The van der Waals surface area contributed by atoms with E-state index in [1.165, 1.54) is 5.01 Å². The number of thioether (sulfide) groups is 1. The number of amidine groups is 1. The summed E-state index contributed by atoms with van der Waals surface area (Å²) in [5, 5.41) is 18.1. The molecule has 5 nitrogen and oxygen atoms in total. The van der Waals surface area contributed by atoms with E-state index in [1.54, 1.807) is 0 Å². The van der Waals surface area contributed by atoms with E-state index in [9.17, 15) is 0 Å². The van der Waals surface area contributed by atoms with E-state index in [0.29, 0.717) is 6.54 Å². The summed E-state index contributed by atoms with van der Waals surface area (Å²) in [4.78, 5) is 0. The van der Waals surface area contributed by atoms with Crippen molar-refractivity contribution in [2.45, 2.75) is 26.0 Å². The van der Waals surface area contributed by atoms with Crippen LogP contribution in [-0.2, 0) is 0 Å². The Kier molecular flexibility index (Phi) is 9.24. The largest absolute Gasteiger partial charge is 0.395 e.